The standard InChI is InChI=1S/C17H14F6.C8H9F/c1-11-5-3-7-13(9-11)15(16(18,19)20,17(21,22)23)14-8-4-6-12(2)10-14;1-6-4-3-5-7(2)8(6)9/h3-10H,1-2H3;3-5H,1-2H3. The fraction of sp³-hybridized carbons (Fsp3) is 0.280. The van der Waals surface area contributed by atoms with Crippen LogP contribution in [0, 0.1) is 33.5 Å². The first-order chi connectivity index (χ1) is 14.7. The number of benzene rings is 3. The van der Waals surface area contributed by atoms with Gasteiger partial charge in [-0.05, 0) is 49.9 Å². The minimum Gasteiger partial charge on any atom is -0.206 e. The first kappa shape index (κ1) is 25.4. The first-order valence-corrected chi connectivity index (χ1v) is 9.71. The molecule has 0 nitrogen and oxygen atoms in total. The second kappa shape index (κ2) is 9.35. The Morgan fingerprint density at radius 3 is 1.16 bits per heavy atom. The van der Waals surface area contributed by atoms with Crippen LogP contribution in [0.3, 0.4) is 0 Å². The highest BCUT2D eigenvalue weighted by Gasteiger charge is 2.72. The third kappa shape index (κ3) is 4.97. The van der Waals surface area contributed by atoms with Crippen molar-refractivity contribution in [2.75, 3.05) is 0 Å². The maximum absolute atomic E-state index is 13.8. The summed E-state index contributed by atoms with van der Waals surface area (Å²) in [5.41, 5.74) is -3.63. The van der Waals surface area contributed by atoms with Crippen LogP contribution >= 0.6 is 0 Å². The highest BCUT2D eigenvalue weighted by Crippen LogP contribution is 2.56. The predicted molar refractivity (Wildman–Crippen MR) is 111 cm³/mol. The molecule has 0 aliphatic carbocycles. The predicted octanol–water partition coefficient (Wildman–Crippen LogP) is 8.16. The Morgan fingerprint density at radius 2 is 0.875 bits per heavy atom. The van der Waals surface area contributed by atoms with Crippen molar-refractivity contribution in [2.45, 2.75) is 45.5 Å². The normalized spacial score (nSPS) is 12.2. The van der Waals surface area contributed by atoms with E-state index in [1.807, 2.05) is 6.07 Å². The van der Waals surface area contributed by atoms with Crippen LogP contribution in [0.15, 0.2) is 66.7 Å². The summed E-state index contributed by atoms with van der Waals surface area (Å²) in [6, 6.07) is 14.3. The summed E-state index contributed by atoms with van der Waals surface area (Å²) in [6.45, 7) is 6.44. The Morgan fingerprint density at radius 1 is 0.531 bits per heavy atom. The zero-order valence-corrected chi connectivity index (χ0v) is 18.0. The average molecular weight is 456 g/mol. The van der Waals surface area contributed by atoms with Gasteiger partial charge >= 0.3 is 12.4 Å². The topological polar surface area (TPSA) is 0 Å². The molecule has 3 aromatic carbocycles. The van der Waals surface area contributed by atoms with Crippen molar-refractivity contribution >= 4 is 0 Å². The van der Waals surface area contributed by atoms with Crippen molar-refractivity contribution in [3.8, 4) is 0 Å². The molecule has 0 saturated heterocycles. The third-order valence-electron chi connectivity index (χ3n) is 5.14. The Hall–Kier alpha value is -2.83. The van der Waals surface area contributed by atoms with Crippen molar-refractivity contribution in [1.29, 1.82) is 0 Å². The molecule has 0 N–H and O–H groups in total. The van der Waals surface area contributed by atoms with Crippen molar-refractivity contribution in [3.05, 3.63) is 106 Å². The van der Waals surface area contributed by atoms with Crippen LogP contribution in [0.1, 0.15) is 33.4 Å². The maximum Gasteiger partial charge on any atom is 0.411 e. The molecule has 0 aliphatic rings. The molecule has 3 aromatic rings. The number of hydrogen-bond donors (Lipinski definition) is 0. The molecule has 0 saturated carbocycles. The summed E-state index contributed by atoms with van der Waals surface area (Å²) in [6.07, 6.45) is -11.1. The third-order valence-corrected chi connectivity index (χ3v) is 5.14. The van der Waals surface area contributed by atoms with E-state index in [9.17, 15) is 30.7 Å². The zero-order valence-electron chi connectivity index (χ0n) is 18.0. The lowest BCUT2D eigenvalue weighted by molar-refractivity contribution is -0.288. The van der Waals surface area contributed by atoms with E-state index >= 15 is 0 Å². The molecular weight excluding hydrogens is 433 g/mol. The van der Waals surface area contributed by atoms with Gasteiger partial charge in [0.15, 0.2) is 0 Å². The SMILES string of the molecule is Cc1cccc(C(c2cccc(C)c2)(C(F)(F)F)C(F)(F)F)c1.Cc1cccc(C)c1F. The number of aryl methyl sites for hydroxylation is 4. The van der Waals surface area contributed by atoms with E-state index in [0.29, 0.717) is 11.1 Å². The average Bonchev–Trinajstić information content (AvgIpc) is 2.65. The molecular formula is C25H23F7. The molecule has 0 atom stereocenters. The fourth-order valence-corrected chi connectivity index (χ4v) is 3.53. The number of hydrogen-bond acceptors (Lipinski definition) is 0. The van der Waals surface area contributed by atoms with Crippen LogP contribution in [0.2, 0.25) is 0 Å². The van der Waals surface area contributed by atoms with Crippen LogP contribution in [-0.4, -0.2) is 12.4 Å². The molecule has 0 spiro atoms. The molecule has 0 amide bonds. The molecule has 3 rings (SSSR count). The van der Waals surface area contributed by atoms with Gasteiger partial charge in [0.05, 0.1) is 0 Å². The summed E-state index contributed by atoms with van der Waals surface area (Å²) >= 11 is 0. The number of halogens is 7. The quantitative estimate of drug-likeness (QED) is 0.341. The number of alkyl halides is 6. The molecule has 32 heavy (non-hydrogen) atoms. The Labute approximate surface area is 182 Å². The van der Waals surface area contributed by atoms with E-state index in [0.717, 1.165) is 35.4 Å². The number of rotatable bonds is 2. The molecule has 7 heteroatoms. The lowest BCUT2D eigenvalue weighted by Gasteiger charge is -2.38. The van der Waals surface area contributed by atoms with Crippen LogP contribution in [0.25, 0.3) is 0 Å². The van der Waals surface area contributed by atoms with E-state index in [2.05, 4.69) is 0 Å². The van der Waals surface area contributed by atoms with Gasteiger partial charge in [-0.2, -0.15) is 26.3 Å². The molecule has 0 aromatic heterocycles. The molecule has 0 heterocycles. The van der Waals surface area contributed by atoms with Gasteiger partial charge in [0.1, 0.15) is 5.82 Å². The van der Waals surface area contributed by atoms with E-state index in [1.165, 1.54) is 38.1 Å². The van der Waals surface area contributed by atoms with Gasteiger partial charge in [0.25, 0.3) is 0 Å². The van der Waals surface area contributed by atoms with Crippen molar-refractivity contribution in [1.82, 2.24) is 0 Å². The highest BCUT2D eigenvalue weighted by atomic mass is 19.4. The Kier molecular flexibility index (Phi) is 7.43. The molecule has 0 bridgehead atoms. The summed E-state index contributed by atoms with van der Waals surface area (Å²) in [5, 5.41) is 0. The second-order valence-electron chi connectivity index (χ2n) is 7.69. The van der Waals surface area contributed by atoms with Gasteiger partial charge in [-0.15, -0.1) is 0 Å². The fourth-order valence-electron chi connectivity index (χ4n) is 3.53. The minimum absolute atomic E-state index is 0.0856. The minimum atomic E-state index is -5.53. The molecule has 0 unspecified atom stereocenters. The highest BCUT2D eigenvalue weighted by molar-refractivity contribution is 5.46. The molecule has 172 valence electrons. The van der Waals surface area contributed by atoms with Crippen molar-refractivity contribution < 1.29 is 30.7 Å². The van der Waals surface area contributed by atoms with Gasteiger partial charge in [-0.25, -0.2) is 4.39 Å². The summed E-state index contributed by atoms with van der Waals surface area (Å²) in [7, 11) is 0. The van der Waals surface area contributed by atoms with Gasteiger partial charge in [-0.1, -0.05) is 77.9 Å². The van der Waals surface area contributed by atoms with E-state index < -0.39 is 28.9 Å². The second-order valence-corrected chi connectivity index (χ2v) is 7.69. The zero-order chi connectivity index (χ0) is 24.3. The van der Waals surface area contributed by atoms with Gasteiger partial charge in [0.2, 0.25) is 5.41 Å². The lowest BCUT2D eigenvalue weighted by atomic mass is 9.72. The van der Waals surface area contributed by atoms with E-state index in [1.54, 1.807) is 26.0 Å². The molecule has 0 radical (unpaired) electrons. The Balaban J connectivity index is 0.000000336. The van der Waals surface area contributed by atoms with Crippen LogP contribution in [0.5, 0.6) is 0 Å². The maximum atomic E-state index is 13.8. The van der Waals surface area contributed by atoms with Gasteiger partial charge in [-0.3, -0.25) is 0 Å². The van der Waals surface area contributed by atoms with Gasteiger partial charge < -0.3 is 0 Å². The van der Waals surface area contributed by atoms with Crippen LogP contribution in [-0.2, 0) is 5.41 Å². The summed E-state index contributed by atoms with van der Waals surface area (Å²) < 4.78 is 95.4. The van der Waals surface area contributed by atoms with Crippen molar-refractivity contribution in [2.24, 2.45) is 0 Å². The van der Waals surface area contributed by atoms with Crippen LogP contribution < -0.4 is 0 Å². The first-order valence-electron chi connectivity index (χ1n) is 9.71. The smallest absolute Gasteiger partial charge is 0.206 e. The Bertz CT molecular complexity index is 981. The van der Waals surface area contributed by atoms with Crippen molar-refractivity contribution in [3.63, 3.8) is 0 Å². The van der Waals surface area contributed by atoms with Gasteiger partial charge in [0, 0.05) is 0 Å². The van der Waals surface area contributed by atoms with E-state index in [-0.39, 0.29) is 5.82 Å². The lowest BCUT2D eigenvalue weighted by Crippen LogP contribution is -2.54. The molecule has 0 fully saturated rings. The summed E-state index contributed by atoms with van der Waals surface area (Å²) in [5.74, 6) is -0.0856. The largest absolute Gasteiger partial charge is 0.411 e. The summed E-state index contributed by atoms with van der Waals surface area (Å²) in [4.78, 5) is 0. The van der Waals surface area contributed by atoms with Crippen LogP contribution in [0.4, 0.5) is 30.7 Å². The molecule has 0 aliphatic heterocycles. The monoisotopic (exact) mass is 456 g/mol. The van der Waals surface area contributed by atoms with E-state index in [4.69, 9.17) is 0 Å².